The van der Waals surface area contributed by atoms with Crippen LogP contribution in [0, 0.1) is 11.3 Å². The third-order valence-electron chi connectivity index (χ3n) is 5.67. The van der Waals surface area contributed by atoms with E-state index in [1.165, 1.54) is 0 Å². The van der Waals surface area contributed by atoms with Gasteiger partial charge in [0, 0.05) is 31.2 Å². The summed E-state index contributed by atoms with van der Waals surface area (Å²) in [4.78, 5) is 26.7. The quantitative estimate of drug-likeness (QED) is 0.686. The number of hydrogen-bond donors (Lipinski definition) is 1. The molecule has 0 bridgehead atoms. The number of carboxylic acids is 1. The van der Waals surface area contributed by atoms with E-state index in [4.69, 9.17) is 14.2 Å². The van der Waals surface area contributed by atoms with Gasteiger partial charge in [0.25, 0.3) is 5.91 Å². The minimum Gasteiger partial charge on any atom is -0.490 e. The van der Waals surface area contributed by atoms with Gasteiger partial charge < -0.3 is 24.2 Å². The Morgan fingerprint density at radius 1 is 1.29 bits per heavy atom. The molecule has 0 spiro atoms. The van der Waals surface area contributed by atoms with Crippen molar-refractivity contribution in [2.24, 2.45) is 11.3 Å². The highest BCUT2D eigenvalue weighted by Gasteiger charge is 2.54. The molecule has 0 aromatic heterocycles. The smallest absolute Gasteiger partial charge is 0.311 e. The van der Waals surface area contributed by atoms with Crippen LogP contribution in [0.5, 0.6) is 11.5 Å². The van der Waals surface area contributed by atoms with Crippen LogP contribution in [0.2, 0.25) is 0 Å². The van der Waals surface area contributed by atoms with E-state index in [0.717, 1.165) is 12.8 Å². The van der Waals surface area contributed by atoms with Gasteiger partial charge in [0.05, 0.1) is 25.2 Å². The lowest BCUT2D eigenvalue weighted by molar-refractivity contribution is -0.157. The molecule has 2 atom stereocenters. The summed E-state index contributed by atoms with van der Waals surface area (Å²) in [5, 5.41) is 9.79. The molecule has 2 aliphatic rings. The molecule has 0 unspecified atom stereocenters. The first-order chi connectivity index (χ1) is 13.5. The molecule has 1 N–H and O–H groups in total. The Morgan fingerprint density at radius 2 is 2.11 bits per heavy atom. The largest absolute Gasteiger partial charge is 0.490 e. The predicted molar refractivity (Wildman–Crippen MR) is 103 cm³/mol. The molecule has 1 aromatic rings. The molecule has 0 radical (unpaired) electrons. The molecular weight excluding hydrogens is 362 g/mol. The Kier molecular flexibility index (Phi) is 6.44. The van der Waals surface area contributed by atoms with Gasteiger partial charge in [0.15, 0.2) is 11.5 Å². The zero-order valence-electron chi connectivity index (χ0n) is 16.6. The van der Waals surface area contributed by atoms with Crippen molar-refractivity contribution in [3.8, 4) is 11.5 Å². The average molecular weight is 391 g/mol. The highest BCUT2D eigenvalue weighted by atomic mass is 16.5. The summed E-state index contributed by atoms with van der Waals surface area (Å²) in [7, 11) is 0. The number of rotatable bonds is 8. The molecule has 1 amide bonds. The zero-order valence-corrected chi connectivity index (χ0v) is 16.6. The first-order valence-electron chi connectivity index (χ1n) is 10.0. The molecule has 2 fully saturated rings. The van der Waals surface area contributed by atoms with Crippen LogP contribution in [-0.2, 0) is 9.53 Å². The van der Waals surface area contributed by atoms with Crippen molar-refractivity contribution in [2.45, 2.75) is 33.1 Å². The minimum atomic E-state index is -0.903. The van der Waals surface area contributed by atoms with Gasteiger partial charge in [-0.2, -0.15) is 0 Å². The lowest BCUT2D eigenvalue weighted by Gasteiger charge is -2.33. The van der Waals surface area contributed by atoms with E-state index in [9.17, 15) is 14.7 Å². The van der Waals surface area contributed by atoms with Crippen molar-refractivity contribution < 1.29 is 28.9 Å². The Bertz CT molecular complexity index is 721. The minimum absolute atomic E-state index is 0.175. The third kappa shape index (κ3) is 3.94. The van der Waals surface area contributed by atoms with Gasteiger partial charge in [-0.15, -0.1) is 0 Å². The van der Waals surface area contributed by atoms with Gasteiger partial charge in [0.1, 0.15) is 0 Å². The molecule has 28 heavy (non-hydrogen) atoms. The van der Waals surface area contributed by atoms with Crippen LogP contribution in [0.25, 0.3) is 0 Å². The number of ether oxygens (including phenoxy) is 3. The number of carboxylic acid groups (broad SMARTS) is 1. The van der Waals surface area contributed by atoms with Crippen molar-refractivity contribution in [1.82, 2.24) is 4.90 Å². The van der Waals surface area contributed by atoms with E-state index in [-0.39, 0.29) is 18.4 Å². The topological polar surface area (TPSA) is 85.3 Å². The molecule has 1 aromatic carbocycles. The normalized spacial score (nSPS) is 23.9. The fourth-order valence-electron chi connectivity index (χ4n) is 3.99. The lowest BCUT2D eigenvalue weighted by atomic mass is 9.74. The van der Waals surface area contributed by atoms with E-state index in [0.29, 0.717) is 56.5 Å². The molecule has 0 aliphatic carbocycles. The van der Waals surface area contributed by atoms with E-state index in [1.54, 1.807) is 23.1 Å². The van der Waals surface area contributed by atoms with Gasteiger partial charge in [-0.3, -0.25) is 9.59 Å². The van der Waals surface area contributed by atoms with Crippen molar-refractivity contribution in [3.63, 3.8) is 0 Å². The van der Waals surface area contributed by atoms with Gasteiger partial charge in [0.2, 0.25) is 0 Å². The van der Waals surface area contributed by atoms with Crippen LogP contribution >= 0.6 is 0 Å². The summed E-state index contributed by atoms with van der Waals surface area (Å²) in [6.45, 7) is 6.44. The second kappa shape index (κ2) is 8.82. The molecule has 154 valence electrons. The number of amides is 1. The van der Waals surface area contributed by atoms with Crippen molar-refractivity contribution in [1.29, 1.82) is 0 Å². The first-order valence-corrected chi connectivity index (χ1v) is 10.0. The predicted octanol–water partition coefficient (Wildman–Crippen LogP) is 2.83. The van der Waals surface area contributed by atoms with Gasteiger partial charge in [-0.1, -0.05) is 13.3 Å². The van der Waals surface area contributed by atoms with Crippen LogP contribution in [0.15, 0.2) is 18.2 Å². The summed E-state index contributed by atoms with van der Waals surface area (Å²) in [6, 6.07) is 5.17. The second-order valence-corrected chi connectivity index (χ2v) is 7.47. The van der Waals surface area contributed by atoms with Crippen LogP contribution in [0.4, 0.5) is 0 Å². The Hall–Kier alpha value is -2.28. The highest BCUT2D eigenvalue weighted by molar-refractivity contribution is 5.96. The number of fused-ring (bicyclic) bond motifs is 1. The number of aliphatic carboxylic acids is 1. The van der Waals surface area contributed by atoms with Crippen LogP contribution in [-0.4, -0.2) is 61.4 Å². The Morgan fingerprint density at radius 3 is 2.79 bits per heavy atom. The molecular formula is C21H29NO6. The average Bonchev–Trinajstić information content (AvgIpc) is 3.10. The Labute approximate surface area is 165 Å². The van der Waals surface area contributed by atoms with Gasteiger partial charge >= 0.3 is 5.97 Å². The third-order valence-corrected chi connectivity index (χ3v) is 5.67. The molecule has 2 aliphatic heterocycles. The number of likely N-dealkylation sites (tertiary alicyclic amines) is 1. The monoisotopic (exact) mass is 391 g/mol. The van der Waals surface area contributed by atoms with E-state index in [1.807, 2.05) is 6.92 Å². The first kappa shape index (κ1) is 20.5. The molecule has 2 saturated heterocycles. The summed E-state index contributed by atoms with van der Waals surface area (Å²) in [6.07, 6.45) is 2.41. The standard InChI is InChI=1S/C21H29NO6/c1-3-5-9-28-17-7-6-15(11-18(17)27-4-2)19(23)22-12-16-13-26-10-8-21(16,14-22)20(24)25/h6-7,11,16H,3-5,8-10,12-14H2,1-2H3,(H,24,25)/t16-,21+/m0/s1. The van der Waals surface area contributed by atoms with Crippen molar-refractivity contribution >= 4 is 11.9 Å². The lowest BCUT2D eigenvalue weighted by Crippen LogP contribution is -2.45. The molecule has 3 rings (SSSR count). The Balaban J connectivity index is 1.78. The van der Waals surface area contributed by atoms with Crippen LogP contribution in [0.1, 0.15) is 43.5 Å². The summed E-state index contributed by atoms with van der Waals surface area (Å²) >= 11 is 0. The highest BCUT2D eigenvalue weighted by Crippen LogP contribution is 2.43. The van der Waals surface area contributed by atoms with E-state index in [2.05, 4.69) is 6.92 Å². The second-order valence-electron chi connectivity index (χ2n) is 7.47. The number of carbonyl (C=O) groups is 2. The summed E-state index contributed by atoms with van der Waals surface area (Å²) in [5.41, 5.74) is -0.425. The van der Waals surface area contributed by atoms with Crippen molar-refractivity contribution in [3.05, 3.63) is 23.8 Å². The summed E-state index contributed by atoms with van der Waals surface area (Å²) in [5.74, 6) is -0.0396. The molecule has 2 heterocycles. The maximum absolute atomic E-state index is 13.1. The number of unbranched alkanes of at least 4 members (excludes halogenated alkanes) is 1. The number of carbonyl (C=O) groups excluding carboxylic acids is 1. The molecule has 0 saturated carbocycles. The zero-order chi connectivity index (χ0) is 20.1. The number of nitrogens with zero attached hydrogens (tertiary/aromatic N) is 1. The molecule has 7 heteroatoms. The fourth-order valence-corrected chi connectivity index (χ4v) is 3.99. The maximum atomic E-state index is 13.1. The fraction of sp³-hybridized carbons (Fsp3) is 0.619. The maximum Gasteiger partial charge on any atom is 0.311 e. The van der Waals surface area contributed by atoms with E-state index >= 15 is 0 Å². The summed E-state index contributed by atoms with van der Waals surface area (Å²) < 4.78 is 16.9. The number of benzene rings is 1. The van der Waals surface area contributed by atoms with Crippen LogP contribution in [0.3, 0.4) is 0 Å². The van der Waals surface area contributed by atoms with Gasteiger partial charge in [-0.05, 0) is 38.0 Å². The number of hydrogen-bond acceptors (Lipinski definition) is 5. The van der Waals surface area contributed by atoms with Gasteiger partial charge in [-0.25, -0.2) is 0 Å². The molecule has 7 nitrogen and oxygen atoms in total. The van der Waals surface area contributed by atoms with E-state index < -0.39 is 11.4 Å². The SMILES string of the molecule is CCCCOc1ccc(C(=O)N2C[C@H]3COCC[C@@]3(C(=O)O)C2)cc1OCC. The van der Waals surface area contributed by atoms with Crippen LogP contribution < -0.4 is 9.47 Å². The van der Waals surface area contributed by atoms with Crippen molar-refractivity contribution in [2.75, 3.05) is 39.5 Å².